The van der Waals surface area contributed by atoms with E-state index >= 15 is 0 Å². The van der Waals surface area contributed by atoms with Crippen molar-refractivity contribution in [3.63, 3.8) is 0 Å². The first kappa shape index (κ1) is 15.3. The molecule has 4 nitrogen and oxygen atoms in total. The standard InChI is InChI=1S/C15H14ClN3OS/c16-12-6-4-5-11(9-12)10-14(20)18-19-15(21)17-13-7-2-1-3-8-13/h1-9H,10H2,(H,18,20)(H2,17,19,21). The lowest BCUT2D eigenvalue weighted by Crippen LogP contribution is -2.44. The van der Waals surface area contributed by atoms with Crippen molar-refractivity contribution in [3.05, 3.63) is 65.2 Å². The number of halogens is 1. The second-order valence-corrected chi connectivity index (χ2v) is 5.14. The molecule has 0 aromatic heterocycles. The van der Waals surface area contributed by atoms with E-state index in [1.165, 1.54) is 0 Å². The zero-order valence-electron chi connectivity index (χ0n) is 11.1. The molecule has 0 bridgehead atoms. The van der Waals surface area contributed by atoms with Gasteiger partial charge in [0.05, 0.1) is 6.42 Å². The number of hydrogen-bond acceptors (Lipinski definition) is 2. The summed E-state index contributed by atoms with van der Waals surface area (Å²) in [5, 5.41) is 3.88. The molecular formula is C15H14ClN3OS. The average molecular weight is 320 g/mol. The van der Waals surface area contributed by atoms with Gasteiger partial charge in [0.15, 0.2) is 5.11 Å². The summed E-state index contributed by atoms with van der Waals surface area (Å²) >= 11 is 10.9. The van der Waals surface area contributed by atoms with Crippen molar-refractivity contribution in [2.75, 3.05) is 5.32 Å². The topological polar surface area (TPSA) is 53.2 Å². The van der Waals surface area contributed by atoms with Gasteiger partial charge in [-0.3, -0.25) is 15.6 Å². The highest BCUT2D eigenvalue weighted by molar-refractivity contribution is 7.80. The molecular weight excluding hydrogens is 306 g/mol. The first-order chi connectivity index (χ1) is 10.1. The van der Waals surface area contributed by atoms with E-state index in [1.807, 2.05) is 36.4 Å². The molecule has 0 fully saturated rings. The minimum absolute atomic E-state index is 0.200. The SMILES string of the molecule is O=C(Cc1cccc(Cl)c1)NNC(=S)Nc1ccccc1. The van der Waals surface area contributed by atoms with Crippen LogP contribution in [0, 0.1) is 0 Å². The summed E-state index contributed by atoms with van der Waals surface area (Å²) in [6.45, 7) is 0. The normalized spacial score (nSPS) is 9.76. The van der Waals surface area contributed by atoms with Gasteiger partial charge in [-0.1, -0.05) is 41.9 Å². The first-order valence-electron chi connectivity index (χ1n) is 6.29. The quantitative estimate of drug-likeness (QED) is 0.601. The number of para-hydroxylation sites is 1. The summed E-state index contributed by atoms with van der Waals surface area (Å²) in [4.78, 5) is 11.8. The van der Waals surface area contributed by atoms with Gasteiger partial charge in [0, 0.05) is 10.7 Å². The van der Waals surface area contributed by atoms with Crippen LogP contribution in [0.25, 0.3) is 0 Å². The maximum atomic E-state index is 11.8. The van der Waals surface area contributed by atoms with Crippen LogP contribution in [0.5, 0.6) is 0 Å². The van der Waals surface area contributed by atoms with E-state index in [-0.39, 0.29) is 12.3 Å². The van der Waals surface area contributed by atoms with E-state index in [0.29, 0.717) is 10.1 Å². The van der Waals surface area contributed by atoms with Crippen LogP contribution in [0.1, 0.15) is 5.56 Å². The van der Waals surface area contributed by atoms with Crippen LogP contribution in [-0.2, 0) is 11.2 Å². The van der Waals surface area contributed by atoms with Crippen LogP contribution in [0.2, 0.25) is 5.02 Å². The Hall–Kier alpha value is -2.11. The third-order valence-electron chi connectivity index (χ3n) is 2.60. The summed E-state index contributed by atoms with van der Waals surface area (Å²) in [6, 6.07) is 16.6. The molecule has 2 rings (SSSR count). The van der Waals surface area contributed by atoms with Crippen molar-refractivity contribution >= 4 is 40.5 Å². The second-order valence-electron chi connectivity index (χ2n) is 4.30. The summed E-state index contributed by atoms with van der Waals surface area (Å²) in [5.74, 6) is -0.200. The van der Waals surface area contributed by atoms with E-state index in [2.05, 4.69) is 16.2 Å². The molecule has 0 radical (unpaired) electrons. The van der Waals surface area contributed by atoms with E-state index < -0.39 is 0 Å². The Morgan fingerprint density at radius 2 is 1.81 bits per heavy atom. The molecule has 3 N–H and O–H groups in total. The molecule has 0 unspecified atom stereocenters. The minimum atomic E-state index is -0.200. The predicted octanol–water partition coefficient (Wildman–Crippen LogP) is 2.90. The van der Waals surface area contributed by atoms with Crippen molar-refractivity contribution in [1.82, 2.24) is 10.9 Å². The Morgan fingerprint density at radius 3 is 2.52 bits per heavy atom. The van der Waals surface area contributed by atoms with Crippen molar-refractivity contribution in [2.45, 2.75) is 6.42 Å². The van der Waals surface area contributed by atoms with Crippen molar-refractivity contribution in [3.8, 4) is 0 Å². The van der Waals surface area contributed by atoms with Gasteiger partial charge in [0.2, 0.25) is 5.91 Å². The Bertz CT molecular complexity index is 634. The number of rotatable bonds is 3. The van der Waals surface area contributed by atoms with Crippen molar-refractivity contribution in [1.29, 1.82) is 0 Å². The number of hydrogen-bond donors (Lipinski definition) is 3. The molecule has 0 saturated heterocycles. The van der Waals surface area contributed by atoms with Gasteiger partial charge in [-0.05, 0) is 42.0 Å². The van der Waals surface area contributed by atoms with E-state index in [0.717, 1.165) is 11.3 Å². The number of anilines is 1. The predicted molar refractivity (Wildman–Crippen MR) is 89.1 cm³/mol. The van der Waals surface area contributed by atoms with Crippen LogP contribution in [-0.4, -0.2) is 11.0 Å². The Labute approximate surface area is 133 Å². The lowest BCUT2D eigenvalue weighted by Gasteiger charge is -2.11. The third-order valence-corrected chi connectivity index (χ3v) is 3.04. The number of hydrazine groups is 1. The van der Waals surface area contributed by atoms with Crippen LogP contribution in [0.3, 0.4) is 0 Å². The Balaban J connectivity index is 1.77. The van der Waals surface area contributed by atoms with Gasteiger partial charge in [-0.15, -0.1) is 0 Å². The molecule has 0 aliphatic rings. The maximum Gasteiger partial charge on any atom is 0.242 e. The van der Waals surface area contributed by atoms with Gasteiger partial charge in [0.25, 0.3) is 0 Å². The van der Waals surface area contributed by atoms with Crippen LogP contribution in [0.15, 0.2) is 54.6 Å². The molecule has 2 aromatic carbocycles. The second kappa shape index (κ2) is 7.61. The number of benzene rings is 2. The highest BCUT2D eigenvalue weighted by Gasteiger charge is 2.04. The molecule has 0 heterocycles. The maximum absolute atomic E-state index is 11.8. The van der Waals surface area contributed by atoms with Crippen molar-refractivity contribution in [2.24, 2.45) is 0 Å². The van der Waals surface area contributed by atoms with Gasteiger partial charge in [0.1, 0.15) is 0 Å². The smallest absolute Gasteiger partial charge is 0.242 e. The molecule has 2 aromatic rings. The monoisotopic (exact) mass is 319 g/mol. The highest BCUT2D eigenvalue weighted by atomic mass is 35.5. The summed E-state index contributed by atoms with van der Waals surface area (Å²) in [7, 11) is 0. The van der Waals surface area contributed by atoms with Gasteiger partial charge >= 0.3 is 0 Å². The zero-order chi connectivity index (χ0) is 15.1. The molecule has 1 amide bonds. The lowest BCUT2D eigenvalue weighted by atomic mass is 10.1. The average Bonchev–Trinajstić information content (AvgIpc) is 2.46. The number of thiocarbonyl (C=S) groups is 1. The molecule has 0 aliphatic heterocycles. The highest BCUT2D eigenvalue weighted by Crippen LogP contribution is 2.10. The van der Waals surface area contributed by atoms with Gasteiger partial charge in [-0.25, -0.2) is 0 Å². The fourth-order valence-electron chi connectivity index (χ4n) is 1.69. The molecule has 0 saturated carbocycles. The Morgan fingerprint density at radius 1 is 1.05 bits per heavy atom. The van der Waals surface area contributed by atoms with E-state index in [9.17, 15) is 4.79 Å². The largest absolute Gasteiger partial charge is 0.331 e. The molecule has 21 heavy (non-hydrogen) atoms. The van der Waals surface area contributed by atoms with Gasteiger partial charge in [-0.2, -0.15) is 0 Å². The fourth-order valence-corrected chi connectivity index (χ4v) is 2.07. The minimum Gasteiger partial charge on any atom is -0.331 e. The number of carbonyl (C=O) groups is 1. The lowest BCUT2D eigenvalue weighted by molar-refractivity contribution is -0.120. The molecule has 108 valence electrons. The van der Waals surface area contributed by atoms with Crippen LogP contribution >= 0.6 is 23.8 Å². The summed E-state index contributed by atoms with van der Waals surface area (Å²) < 4.78 is 0. The Kier molecular flexibility index (Phi) is 5.54. The fraction of sp³-hybridized carbons (Fsp3) is 0.0667. The van der Waals surface area contributed by atoms with E-state index in [1.54, 1.807) is 18.2 Å². The van der Waals surface area contributed by atoms with Crippen LogP contribution in [0.4, 0.5) is 5.69 Å². The molecule has 0 atom stereocenters. The summed E-state index contributed by atoms with van der Waals surface area (Å²) in [5.41, 5.74) is 6.87. The van der Waals surface area contributed by atoms with Gasteiger partial charge < -0.3 is 5.32 Å². The number of amides is 1. The summed E-state index contributed by atoms with van der Waals surface area (Å²) in [6.07, 6.45) is 0.224. The van der Waals surface area contributed by atoms with Crippen molar-refractivity contribution < 1.29 is 4.79 Å². The zero-order valence-corrected chi connectivity index (χ0v) is 12.7. The molecule has 0 aliphatic carbocycles. The molecule has 6 heteroatoms. The number of nitrogens with one attached hydrogen (secondary N) is 3. The van der Waals surface area contributed by atoms with Crippen LogP contribution < -0.4 is 16.2 Å². The third kappa shape index (κ3) is 5.41. The molecule has 0 spiro atoms. The first-order valence-corrected chi connectivity index (χ1v) is 7.07. The number of carbonyl (C=O) groups excluding carboxylic acids is 1. The van der Waals surface area contributed by atoms with E-state index in [4.69, 9.17) is 23.8 Å².